The molecule has 9 heavy (non-hydrogen) atoms. The third-order valence-corrected chi connectivity index (χ3v) is 0.928. The number of rotatable bonds is 3. The van der Waals surface area contributed by atoms with Crippen molar-refractivity contribution in [1.82, 2.24) is 0 Å². The molecule has 1 atom stereocenters. The molecule has 0 aliphatic rings. The van der Waals surface area contributed by atoms with E-state index in [4.69, 9.17) is 5.73 Å². The Morgan fingerprint density at radius 3 is 2.78 bits per heavy atom. The van der Waals surface area contributed by atoms with Gasteiger partial charge in [0, 0.05) is 6.04 Å². The molecule has 0 aliphatic carbocycles. The van der Waals surface area contributed by atoms with Crippen LogP contribution in [0.4, 0.5) is 0 Å². The Morgan fingerprint density at radius 1 is 1.89 bits per heavy atom. The zero-order chi connectivity index (χ0) is 7.28. The second-order valence-corrected chi connectivity index (χ2v) is 1.73. The van der Waals surface area contributed by atoms with Gasteiger partial charge >= 0.3 is 0 Å². The van der Waals surface area contributed by atoms with Crippen molar-refractivity contribution in [2.24, 2.45) is 5.73 Å². The SMILES string of the molecule is C/C=C/C[C@H](N)C(=O)[O-]. The summed E-state index contributed by atoms with van der Waals surface area (Å²) in [6.07, 6.45) is 3.79. The molecule has 0 aromatic rings. The van der Waals surface area contributed by atoms with Crippen LogP contribution in [0.15, 0.2) is 12.2 Å². The van der Waals surface area contributed by atoms with E-state index in [1.165, 1.54) is 0 Å². The van der Waals surface area contributed by atoms with E-state index in [0.717, 1.165) is 0 Å². The van der Waals surface area contributed by atoms with Gasteiger partial charge in [0.15, 0.2) is 0 Å². The highest BCUT2D eigenvalue weighted by atomic mass is 16.4. The monoisotopic (exact) mass is 128 g/mol. The molecule has 0 saturated carbocycles. The molecule has 0 aromatic heterocycles. The van der Waals surface area contributed by atoms with E-state index in [2.05, 4.69) is 0 Å². The molecular weight excluding hydrogens is 118 g/mol. The first kappa shape index (κ1) is 8.17. The van der Waals surface area contributed by atoms with Crippen molar-refractivity contribution in [2.75, 3.05) is 0 Å². The standard InChI is InChI=1S/C6H11NO2/c1-2-3-4-5(7)6(8)9/h2-3,5H,4,7H2,1H3,(H,8,9)/p-1/b3-2+/t5-/m0/s1. The van der Waals surface area contributed by atoms with Gasteiger partial charge in [-0.3, -0.25) is 0 Å². The number of carbonyl (C=O) groups is 1. The Morgan fingerprint density at radius 2 is 2.44 bits per heavy atom. The van der Waals surface area contributed by atoms with Gasteiger partial charge in [-0.25, -0.2) is 0 Å². The molecule has 0 amide bonds. The van der Waals surface area contributed by atoms with E-state index in [1.807, 2.05) is 6.92 Å². The lowest BCUT2D eigenvalue weighted by molar-refractivity contribution is -0.307. The number of hydrogen-bond donors (Lipinski definition) is 1. The summed E-state index contributed by atoms with van der Waals surface area (Å²) in [5.74, 6) is -1.20. The third-order valence-electron chi connectivity index (χ3n) is 0.928. The number of allylic oxidation sites excluding steroid dienone is 1. The van der Waals surface area contributed by atoms with Crippen molar-refractivity contribution >= 4 is 5.97 Å². The zero-order valence-corrected chi connectivity index (χ0v) is 5.33. The highest BCUT2D eigenvalue weighted by Gasteiger charge is 1.97. The van der Waals surface area contributed by atoms with Gasteiger partial charge in [-0.05, 0) is 13.3 Å². The van der Waals surface area contributed by atoms with Crippen LogP contribution in [-0.2, 0) is 4.79 Å². The minimum absolute atomic E-state index is 0.346. The summed E-state index contributed by atoms with van der Waals surface area (Å²) in [5.41, 5.74) is 5.09. The van der Waals surface area contributed by atoms with Gasteiger partial charge in [-0.2, -0.15) is 0 Å². The second kappa shape index (κ2) is 4.09. The van der Waals surface area contributed by atoms with Crippen molar-refractivity contribution in [3.05, 3.63) is 12.2 Å². The van der Waals surface area contributed by atoms with E-state index in [9.17, 15) is 9.90 Å². The lowest BCUT2D eigenvalue weighted by Crippen LogP contribution is -2.41. The van der Waals surface area contributed by atoms with E-state index in [0.29, 0.717) is 6.42 Å². The van der Waals surface area contributed by atoms with Crippen LogP contribution in [0.2, 0.25) is 0 Å². The summed E-state index contributed by atoms with van der Waals surface area (Å²) >= 11 is 0. The first-order valence-electron chi connectivity index (χ1n) is 2.76. The number of carboxylic acid groups (broad SMARTS) is 1. The lowest BCUT2D eigenvalue weighted by Gasteiger charge is -2.08. The summed E-state index contributed by atoms with van der Waals surface area (Å²) < 4.78 is 0. The number of hydrogen-bond acceptors (Lipinski definition) is 3. The van der Waals surface area contributed by atoms with Gasteiger partial charge in [0.1, 0.15) is 0 Å². The smallest absolute Gasteiger partial charge is 0.0585 e. The quantitative estimate of drug-likeness (QED) is 0.497. The highest BCUT2D eigenvalue weighted by molar-refractivity contribution is 5.70. The normalized spacial score (nSPS) is 14.0. The Bertz CT molecular complexity index is 120. The summed E-state index contributed by atoms with van der Waals surface area (Å²) in [6.45, 7) is 1.81. The fourth-order valence-electron chi connectivity index (χ4n) is 0.379. The van der Waals surface area contributed by atoms with Crippen LogP contribution in [0.5, 0.6) is 0 Å². The Hall–Kier alpha value is -0.830. The van der Waals surface area contributed by atoms with Crippen molar-refractivity contribution in [3.63, 3.8) is 0 Å². The van der Waals surface area contributed by atoms with Crippen LogP contribution < -0.4 is 10.8 Å². The van der Waals surface area contributed by atoms with Crippen LogP contribution >= 0.6 is 0 Å². The third kappa shape index (κ3) is 3.73. The van der Waals surface area contributed by atoms with Gasteiger partial charge in [-0.15, -0.1) is 0 Å². The Kier molecular flexibility index (Phi) is 3.71. The summed E-state index contributed by atoms with van der Waals surface area (Å²) in [4.78, 5) is 9.94. The first-order valence-corrected chi connectivity index (χ1v) is 2.76. The summed E-state index contributed by atoms with van der Waals surface area (Å²) in [6, 6.07) is -0.860. The van der Waals surface area contributed by atoms with Crippen LogP contribution in [0.25, 0.3) is 0 Å². The largest absolute Gasteiger partial charge is 0.548 e. The molecule has 0 aliphatic heterocycles. The minimum Gasteiger partial charge on any atom is -0.548 e. The van der Waals surface area contributed by atoms with E-state index in [1.54, 1.807) is 12.2 Å². The average molecular weight is 128 g/mol. The number of carboxylic acids is 1. The molecule has 3 nitrogen and oxygen atoms in total. The van der Waals surface area contributed by atoms with Gasteiger partial charge < -0.3 is 15.6 Å². The van der Waals surface area contributed by atoms with Crippen molar-refractivity contribution in [2.45, 2.75) is 19.4 Å². The predicted octanol–water partition coefficient (Wildman–Crippen LogP) is -0.970. The van der Waals surface area contributed by atoms with E-state index < -0.39 is 12.0 Å². The molecule has 0 radical (unpaired) electrons. The maximum atomic E-state index is 9.94. The molecule has 0 saturated heterocycles. The Labute approximate surface area is 54.2 Å². The van der Waals surface area contributed by atoms with Crippen LogP contribution in [0.3, 0.4) is 0 Å². The van der Waals surface area contributed by atoms with Crippen LogP contribution in [0.1, 0.15) is 13.3 Å². The van der Waals surface area contributed by atoms with Gasteiger partial charge in [0.2, 0.25) is 0 Å². The van der Waals surface area contributed by atoms with Gasteiger partial charge in [0.25, 0.3) is 0 Å². The number of nitrogens with two attached hydrogens (primary N) is 1. The highest BCUT2D eigenvalue weighted by Crippen LogP contribution is 1.86. The molecule has 0 unspecified atom stereocenters. The molecule has 0 fully saturated rings. The molecule has 0 rings (SSSR count). The summed E-state index contributed by atoms with van der Waals surface area (Å²) in [7, 11) is 0. The average Bonchev–Trinajstić information content (AvgIpc) is 1.82. The minimum atomic E-state index is -1.20. The fraction of sp³-hybridized carbons (Fsp3) is 0.500. The molecule has 3 heteroatoms. The number of aliphatic carboxylic acids is 1. The molecule has 0 heterocycles. The second-order valence-electron chi connectivity index (χ2n) is 1.73. The van der Waals surface area contributed by atoms with Crippen molar-refractivity contribution in [1.29, 1.82) is 0 Å². The lowest BCUT2D eigenvalue weighted by atomic mass is 10.2. The fourth-order valence-corrected chi connectivity index (χ4v) is 0.379. The first-order chi connectivity index (χ1) is 4.18. The van der Waals surface area contributed by atoms with Gasteiger partial charge in [0.05, 0.1) is 5.97 Å². The topological polar surface area (TPSA) is 66.2 Å². The molecule has 0 aromatic carbocycles. The van der Waals surface area contributed by atoms with E-state index in [-0.39, 0.29) is 0 Å². The number of carbonyl (C=O) groups excluding carboxylic acids is 1. The maximum absolute atomic E-state index is 9.94. The Balaban J connectivity index is 3.50. The van der Waals surface area contributed by atoms with Crippen molar-refractivity contribution < 1.29 is 9.90 Å². The molecule has 0 bridgehead atoms. The molecular formula is C6H10NO2-. The maximum Gasteiger partial charge on any atom is 0.0585 e. The molecule has 52 valence electrons. The van der Waals surface area contributed by atoms with Gasteiger partial charge in [-0.1, -0.05) is 12.2 Å². The zero-order valence-electron chi connectivity index (χ0n) is 5.33. The van der Waals surface area contributed by atoms with E-state index >= 15 is 0 Å². The molecule has 2 N–H and O–H groups in total. The van der Waals surface area contributed by atoms with Crippen molar-refractivity contribution in [3.8, 4) is 0 Å². The van der Waals surface area contributed by atoms with Crippen LogP contribution in [0, 0.1) is 0 Å². The molecule has 0 spiro atoms. The predicted molar refractivity (Wildman–Crippen MR) is 32.4 cm³/mol. The summed E-state index contributed by atoms with van der Waals surface area (Å²) in [5, 5.41) is 9.94. The van der Waals surface area contributed by atoms with Crippen LogP contribution in [-0.4, -0.2) is 12.0 Å².